The van der Waals surface area contributed by atoms with Gasteiger partial charge in [-0.15, -0.1) is 0 Å². The number of amides is 1. The molecule has 110 valence electrons. The molecular formula is C14H15N3O4. The van der Waals surface area contributed by atoms with Crippen molar-refractivity contribution in [3.8, 4) is 11.4 Å². The van der Waals surface area contributed by atoms with Crippen molar-refractivity contribution in [3.63, 3.8) is 0 Å². The van der Waals surface area contributed by atoms with Gasteiger partial charge < -0.3 is 14.9 Å². The Kier molecular flexibility index (Phi) is 4.32. The lowest BCUT2D eigenvalue weighted by Gasteiger charge is -2.17. The number of hydrogen-bond acceptors (Lipinski definition) is 5. The van der Waals surface area contributed by atoms with E-state index in [0.717, 1.165) is 0 Å². The van der Waals surface area contributed by atoms with E-state index in [1.807, 2.05) is 0 Å². The molecule has 0 unspecified atom stereocenters. The molecule has 1 aromatic carbocycles. The van der Waals surface area contributed by atoms with E-state index in [9.17, 15) is 9.59 Å². The van der Waals surface area contributed by atoms with Crippen LogP contribution in [0.25, 0.3) is 11.4 Å². The Morgan fingerprint density at radius 2 is 1.90 bits per heavy atom. The molecule has 1 heterocycles. The van der Waals surface area contributed by atoms with Gasteiger partial charge in [0.2, 0.25) is 12.2 Å². The fourth-order valence-electron chi connectivity index (χ4n) is 1.81. The van der Waals surface area contributed by atoms with E-state index in [1.54, 1.807) is 38.1 Å². The molecule has 2 aromatic rings. The Morgan fingerprint density at radius 3 is 2.38 bits per heavy atom. The maximum atomic E-state index is 12.0. The molecule has 0 saturated carbocycles. The number of carboxylic acids is 1. The van der Waals surface area contributed by atoms with Crippen LogP contribution >= 0.6 is 0 Å². The highest BCUT2D eigenvalue weighted by Gasteiger charge is 2.23. The molecule has 1 aromatic heterocycles. The summed E-state index contributed by atoms with van der Waals surface area (Å²) in [6, 6.07) is 5.59. The van der Waals surface area contributed by atoms with Gasteiger partial charge in [-0.2, -0.15) is 4.98 Å². The molecule has 0 aliphatic heterocycles. The second-order valence-corrected chi connectivity index (χ2v) is 4.87. The summed E-state index contributed by atoms with van der Waals surface area (Å²) >= 11 is 0. The van der Waals surface area contributed by atoms with Crippen LogP contribution in [0.4, 0.5) is 0 Å². The van der Waals surface area contributed by atoms with Gasteiger partial charge in [-0.3, -0.25) is 4.79 Å². The van der Waals surface area contributed by atoms with Crippen molar-refractivity contribution in [2.45, 2.75) is 19.9 Å². The van der Waals surface area contributed by atoms with Crippen molar-refractivity contribution in [3.05, 3.63) is 36.2 Å². The molecule has 0 saturated heterocycles. The van der Waals surface area contributed by atoms with Gasteiger partial charge in [-0.1, -0.05) is 31.1 Å². The third-order valence-electron chi connectivity index (χ3n) is 2.99. The molecule has 1 atom stereocenters. The molecule has 7 heteroatoms. The maximum Gasteiger partial charge on any atom is 0.326 e. The van der Waals surface area contributed by atoms with Crippen LogP contribution in [0.1, 0.15) is 24.2 Å². The summed E-state index contributed by atoms with van der Waals surface area (Å²) in [4.78, 5) is 27.0. The maximum absolute atomic E-state index is 12.0. The summed E-state index contributed by atoms with van der Waals surface area (Å²) in [5, 5.41) is 15.3. The molecule has 2 rings (SSSR count). The quantitative estimate of drug-likeness (QED) is 0.865. The van der Waals surface area contributed by atoms with Crippen LogP contribution in [0.15, 0.2) is 35.2 Å². The first-order chi connectivity index (χ1) is 9.99. The number of hydrogen-bond donors (Lipinski definition) is 2. The standard InChI is InChI=1S/C14H15N3O4/c1-8(2)11(14(19)20)16-13(18)10-5-3-9(4-6-10)12-15-7-21-17-12/h3-8,11H,1-2H3,(H,16,18)(H,19,20)/t11-/m0/s1. The van der Waals surface area contributed by atoms with E-state index in [0.29, 0.717) is 17.0 Å². The second kappa shape index (κ2) is 6.17. The molecule has 2 N–H and O–H groups in total. The number of nitrogens with one attached hydrogen (secondary N) is 1. The second-order valence-electron chi connectivity index (χ2n) is 4.87. The summed E-state index contributed by atoms with van der Waals surface area (Å²) in [6.45, 7) is 3.47. The van der Waals surface area contributed by atoms with Crippen LogP contribution in [-0.4, -0.2) is 33.2 Å². The van der Waals surface area contributed by atoms with Gasteiger partial charge in [0.1, 0.15) is 6.04 Å². The Hall–Kier alpha value is -2.70. The molecule has 0 radical (unpaired) electrons. The zero-order valence-electron chi connectivity index (χ0n) is 11.6. The van der Waals surface area contributed by atoms with Gasteiger partial charge in [0.25, 0.3) is 5.91 Å². The predicted molar refractivity (Wildman–Crippen MR) is 73.5 cm³/mol. The molecule has 0 aliphatic rings. The molecule has 21 heavy (non-hydrogen) atoms. The van der Waals surface area contributed by atoms with Crippen molar-refractivity contribution >= 4 is 11.9 Å². The molecule has 0 spiro atoms. The van der Waals surface area contributed by atoms with Crippen LogP contribution in [0.2, 0.25) is 0 Å². The molecule has 0 fully saturated rings. The number of benzene rings is 1. The lowest BCUT2D eigenvalue weighted by molar-refractivity contribution is -0.140. The first kappa shape index (κ1) is 14.7. The van der Waals surface area contributed by atoms with Crippen LogP contribution in [0.5, 0.6) is 0 Å². The zero-order valence-corrected chi connectivity index (χ0v) is 11.6. The fraction of sp³-hybridized carbons (Fsp3) is 0.286. The molecule has 0 aliphatic carbocycles. The van der Waals surface area contributed by atoms with Gasteiger partial charge >= 0.3 is 5.97 Å². The van der Waals surface area contributed by atoms with Crippen molar-refractivity contribution in [1.82, 2.24) is 15.5 Å². The van der Waals surface area contributed by atoms with Gasteiger partial charge in [0.15, 0.2) is 0 Å². The molecular weight excluding hydrogens is 274 g/mol. The van der Waals surface area contributed by atoms with Crippen LogP contribution in [0, 0.1) is 5.92 Å². The van der Waals surface area contributed by atoms with Gasteiger partial charge in [-0.25, -0.2) is 4.79 Å². The van der Waals surface area contributed by atoms with E-state index >= 15 is 0 Å². The minimum atomic E-state index is -1.05. The summed E-state index contributed by atoms with van der Waals surface area (Å²) < 4.78 is 4.65. The normalized spacial score (nSPS) is 12.1. The Bertz CT molecular complexity index is 620. The summed E-state index contributed by atoms with van der Waals surface area (Å²) in [7, 11) is 0. The summed E-state index contributed by atoms with van der Waals surface area (Å²) in [5.74, 6) is -1.27. The van der Waals surface area contributed by atoms with E-state index in [2.05, 4.69) is 20.0 Å². The zero-order chi connectivity index (χ0) is 15.4. The highest BCUT2D eigenvalue weighted by atomic mass is 16.5. The average Bonchev–Trinajstić information content (AvgIpc) is 2.98. The third-order valence-corrected chi connectivity index (χ3v) is 2.99. The fourth-order valence-corrected chi connectivity index (χ4v) is 1.81. The Balaban J connectivity index is 2.11. The first-order valence-corrected chi connectivity index (χ1v) is 6.39. The van der Waals surface area contributed by atoms with Crippen molar-refractivity contribution in [2.24, 2.45) is 5.92 Å². The Labute approximate surface area is 121 Å². The SMILES string of the molecule is CC(C)[C@H](NC(=O)c1ccc(-c2ncon2)cc1)C(=O)O. The molecule has 1 amide bonds. The number of rotatable bonds is 5. The summed E-state index contributed by atoms with van der Waals surface area (Å²) in [6.07, 6.45) is 1.22. The minimum absolute atomic E-state index is 0.204. The molecule has 0 bridgehead atoms. The predicted octanol–water partition coefficient (Wildman–Crippen LogP) is 1.58. The number of carbonyl (C=O) groups is 2. The first-order valence-electron chi connectivity index (χ1n) is 6.39. The van der Waals surface area contributed by atoms with E-state index in [4.69, 9.17) is 5.11 Å². The highest BCUT2D eigenvalue weighted by molar-refractivity contribution is 5.96. The summed E-state index contributed by atoms with van der Waals surface area (Å²) in [5.41, 5.74) is 1.08. The van der Waals surface area contributed by atoms with Crippen LogP contribution in [-0.2, 0) is 4.79 Å². The topological polar surface area (TPSA) is 105 Å². The van der Waals surface area contributed by atoms with Crippen molar-refractivity contribution in [1.29, 1.82) is 0 Å². The van der Waals surface area contributed by atoms with Crippen LogP contribution < -0.4 is 5.32 Å². The van der Waals surface area contributed by atoms with Gasteiger partial charge in [0, 0.05) is 11.1 Å². The van der Waals surface area contributed by atoms with Crippen molar-refractivity contribution in [2.75, 3.05) is 0 Å². The number of aliphatic carboxylic acids is 1. The van der Waals surface area contributed by atoms with Crippen molar-refractivity contribution < 1.29 is 19.2 Å². The monoisotopic (exact) mass is 289 g/mol. The van der Waals surface area contributed by atoms with E-state index in [1.165, 1.54) is 6.39 Å². The lowest BCUT2D eigenvalue weighted by atomic mass is 10.0. The van der Waals surface area contributed by atoms with Gasteiger partial charge in [0.05, 0.1) is 0 Å². The lowest BCUT2D eigenvalue weighted by Crippen LogP contribution is -2.44. The van der Waals surface area contributed by atoms with Crippen LogP contribution in [0.3, 0.4) is 0 Å². The van der Waals surface area contributed by atoms with E-state index < -0.39 is 17.9 Å². The largest absolute Gasteiger partial charge is 0.480 e. The minimum Gasteiger partial charge on any atom is -0.480 e. The third kappa shape index (κ3) is 3.44. The highest BCUT2D eigenvalue weighted by Crippen LogP contribution is 2.15. The number of carboxylic acid groups (broad SMARTS) is 1. The van der Waals surface area contributed by atoms with Gasteiger partial charge in [-0.05, 0) is 18.1 Å². The van der Waals surface area contributed by atoms with E-state index in [-0.39, 0.29) is 5.92 Å². The smallest absolute Gasteiger partial charge is 0.326 e. The Morgan fingerprint density at radius 1 is 1.24 bits per heavy atom. The molecule has 7 nitrogen and oxygen atoms in total. The number of carbonyl (C=O) groups excluding carboxylic acids is 1. The number of nitrogens with zero attached hydrogens (tertiary/aromatic N) is 2. The number of aromatic nitrogens is 2. The average molecular weight is 289 g/mol.